The molecule has 0 saturated carbocycles. The molecule has 2 aromatic heterocycles. The minimum atomic E-state index is -1.03. The van der Waals surface area contributed by atoms with Gasteiger partial charge in [0.1, 0.15) is 17.8 Å². The summed E-state index contributed by atoms with van der Waals surface area (Å²) in [5.41, 5.74) is 3.42. The van der Waals surface area contributed by atoms with Crippen LogP contribution >= 0.6 is 11.3 Å². The Morgan fingerprint density at radius 3 is 2.24 bits per heavy atom. The van der Waals surface area contributed by atoms with E-state index in [9.17, 15) is 19.5 Å². The third-order valence-electron chi connectivity index (χ3n) is 9.00. The molecule has 50 heavy (non-hydrogen) atoms. The topological polar surface area (TPSA) is 122 Å². The van der Waals surface area contributed by atoms with E-state index in [-0.39, 0.29) is 23.7 Å². The fourth-order valence-electron chi connectivity index (χ4n) is 6.07. The van der Waals surface area contributed by atoms with Gasteiger partial charge in [-0.3, -0.25) is 9.59 Å². The molecule has 0 aliphatic carbocycles. The molecular weight excluding hydrogens is 649 g/mol. The van der Waals surface area contributed by atoms with Crippen LogP contribution in [0.25, 0.3) is 22.5 Å². The highest BCUT2D eigenvalue weighted by Gasteiger charge is 2.38. The molecule has 5 rings (SSSR count). The van der Waals surface area contributed by atoms with Crippen LogP contribution < -0.4 is 10.1 Å². The molecule has 0 spiro atoms. The van der Waals surface area contributed by atoms with Crippen LogP contribution in [0.4, 0.5) is 0 Å². The number of nitrogens with zero attached hydrogens (tertiary/aromatic N) is 3. The first-order valence-corrected chi connectivity index (χ1v) is 18.4. The average molecular weight is 697 g/mol. The number of nitrogens with one attached hydrogen (secondary N) is 1. The Balaban J connectivity index is 1.24. The fourth-order valence-corrected chi connectivity index (χ4v) is 7.04. The van der Waals surface area contributed by atoms with Crippen LogP contribution in [0.3, 0.4) is 0 Å². The van der Waals surface area contributed by atoms with Crippen molar-refractivity contribution in [3.63, 3.8) is 0 Å². The van der Waals surface area contributed by atoms with Gasteiger partial charge in [0.15, 0.2) is 5.82 Å². The Kier molecular flexibility index (Phi) is 12.4. The standard InChI is InChI=1S/C40H48N4O5S/c1-5-6-7-8-9-23-49-31-18-16-28(17-19-31)30-25-41-36(42-26-30)29-14-12-27(13-15-29)24-32(38(46)44-22-10-11-33(44)39(47)48)43-37(45)34-20-21-35(50-34)40(2,3)4/h12-21,25-26,32-33H,5-11,22-24H2,1-4H3,(H,43,45)(H,47,48)/t32?,33-/m0/s1. The summed E-state index contributed by atoms with van der Waals surface area (Å²) in [6, 6.07) is 17.4. The Morgan fingerprint density at radius 2 is 1.60 bits per heavy atom. The van der Waals surface area contributed by atoms with Gasteiger partial charge in [-0.25, -0.2) is 14.8 Å². The zero-order valence-electron chi connectivity index (χ0n) is 29.5. The smallest absolute Gasteiger partial charge is 0.326 e. The lowest BCUT2D eigenvalue weighted by molar-refractivity contribution is -0.148. The van der Waals surface area contributed by atoms with Gasteiger partial charge in [0.05, 0.1) is 11.5 Å². The summed E-state index contributed by atoms with van der Waals surface area (Å²) in [7, 11) is 0. The van der Waals surface area contributed by atoms with Crippen molar-refractivity contribution in [3.05, 3.63) is 88.4 Å². The van der Waals surface area contributed by atoms with E-state index in [1.807, 2.05) is 54.6 Å². The number of carboxylic acid groups (broad SMARTS) is 1. The molecule has 10 heteroatoms. The summed E-state index contributed by atoms with van der Waals surface area (Å²) in [5.74, 6) is -0.341. The fraction of sp³-hybridized carbons (Fsp3) is 0.425. The largest absolute Gasteiger partial charge is 0.494 e. The molecule has 9 nitrogen and oxygen atoms in total. The maximum Gasteiger partial charge on any atom is 0.326 e. The number of aliphatic carboxylic acids is 1. The van der Waals surface area contributed by atoms with Gasteiger partial charge in [-0.15, -0.1) is 11.3 Å². The first-order chi connectivity index (χ1) is 24.0. The van der Waals surface area contributed by atoms with E-state index < -0.39 is 18.1 Å². The van der Waals surface area contributed by atoms with Crippen molar-refractivity contribution in [2.24, 2.45) is 0 Å². The molecule has 0 bridgehead atoms. The van der Waals surface area contributed by atoms with Crippen molar-refractivity contribution >= 4 is 29.1 Å². The van der Waals surface area contributed by atoms with Gasteiger partial charge in [-0.1, -0.05) is 89.8 Å². The molecule has 3 heterocycles. The summed E-state index contributed by atoms with van der Waals surface area (Å²) >= 11 is 1.40. The van der Waals surface area contributed by atoms with Crippen molar-refractivity contribution in [2.45, 2.75) is 96.6 Å². The number of carbonyl (C=O) groups excluding carboxylic acids is 2. The molecule has 2 amide bonds. The van der Waals surface area contributed by atoms with Gasteiger partial charge in [0.2, 0.25) is 5.91 Å². The maximum absolute atomic E-state index is 13.8. The normalized spacial score (nSPS) is 15.1. The van der Waals surface area contributed by atoms with Gasteiger partial charge >= 0.3 is 5.97 Å². The summed E-state index contributed by atoms with van der Waals surface area (Å²) in [6.07, 6.45) is 10.8. The Hall–Kier alpha value is -4.57. The number of thiophene rings is 1. The van der Waals surface area contributed by atoms with E-state index in [0.29, 0.717) is 30.1 Å². The molecule has 2 atom stereocenters. The van der Waals surface area contributed by atoms with Gasteiger partial charge in [0.25, 0.3) is 5.91 Å². The number of aromatic nitrogens is 2. The lowest BCUT2D eigenvalue weighted by Gasteiger charge is -2.27. The molecule has 1 unspecified atom stereocenters. The monoisotopic (exact) mass is 696 g/mol. The first-order valence-electron chi connectivity index (χ1n) is 17.6. The molecule has 1 aliphatic rings. The van der Waals surface area contributed by atoms with E-state index in [1.54, 1.807) is 18.5 Å². The van der Waals surface area contributed by atoms with E-state index in [0.717, 1.165) is 45.9 Å². The minimum Gasteiger partial charge on any atom is -0.494 e. The number of rotatable bonds is 15. The van der Waals surface area contributed by atoms with E-state index in [4.69, 9.17) is 4.74 Å². The van der Waals surface area contributed by atoms with Crippen molar-refractivity contribution < 1.29 is 24.2 Å². The molecule has 1 aliphatic heterocycles. The second-order valence-electron chi connectivity index (χ2n) is 14.0. The van der Waals surface area contributed by atoms with Crippen molar-refractivity contribution in [3.8, 4) is 28.3 Å². The number of amides is 2. The second-order valence-corrected chi connectivity index (χ2v) is 15.0. The SMILES string of the molecule is CCCCCCCOc1ccc(-c2cnc(-c3ccc(CC(NC(=O)c4ccc(C(C)(C)C)s4)C(=O)N4CCC[C@H]4C(=O)O)cc3)nc2)cc1. The Labute approximate surface area is 299 Å². The van der Waals surface area contributed by atoms with Crippen LogP contribution in [0.5, 0.6) is 5.75 Å². The van der Waals surface area contributed by atoms with Crippen LogP contribution in [0.15, 0.2) is 73.1 Å². The van der Waals surface area contributed by atoms with Gasteiger partial charge in [0, 0.05) is 41.4 Å². The van der Waals surface area contributed by atoms with Crippen LogP contribution in [0.2, 0.25) is 0 Å². The predicted molar refractivity (Wildman–Crippen MR) is 198 cm³/mol. The quantitative estimate of drug-likeness (QED) is 0.121. The van der Waals surface area contributed by atoms with Crippen LogP contribution in [0, 0.1) is 0 Å². The van der Waals surface area contributed by atoms with E-state index >= 15 is 0 Å². The van der Waals surface area contributed by atoms with Crippen LogP contribution in [0.1, 0.15) is 92.8 Å². The minimum absolute atomic E-state index is 0.109. The molecule has 1 saturated heterocycles. The summed E-state index contributed by atoms with van der Waals surface area (Å²) in [5, 5.41) is 12.7. The number of likely N-dealkylation sites (tertiary alicyclic amines) is 1. The molecule has 0 radical (unpaired) electrons. The third-order valence-corrected chi connectivity index (χ3v) is 10.5. The number of hydrogen-bond donors (Lipinski definition) is 2. The van der Waals surface area contributed by atoms with E-state index in [2.05, 4.69) is 43.0 Å². The zero-order valence-corrected chi connectivity index (χ0v) is 30.3. The van der Waals surface area contributed by atoms with Gasteiger partial charge in [-0.2, -0.15) is 0 Å². The molecule has 1 fully saturated rings. The van der Waals surface area contributed by atoms with Gasteiger partial charge < -0.3 is 20.1 Å². The highest BCUT2D eigenvalue weighted by Crippen LogP contribution is 2.30. The third kappa shape index (κ3) is 9.56. The molecule has 2 N–H and O–H groups in total. The lowest BCUT2D eigenvalue weighted by Crippen LogP contribution is -2.52. The lowest BCUT2D eigenvalue weighted by atomic mass is 9.95. The summed E-state index contributed by atoms with van der Waals surface area (Å²) < 4.78 is 5.90. The van der Waals surface area contributed by atoms with E-state index in [1.165, 1.54) is 41.9 Å². The summed E-state index contributed by atoms with van der Waals surface area (Å²) in [4.78, 5) is 51.2. The van der Waals surface area contributed by atoms with Gasteiger partial charge in [-0.05, 0) is 60.1 Å². The summed E-state index contributed by atoms with van der Waals surface area (Å²) in [6.45, 7) is 9.54. The van der Waals surface area contributed by atoms with Crippen molar-refractivity contribution in [1.29, 1.82) is 0 Å². The molecule has 264 valence electrons. The predicted octanol–water partition coefficient (Wildman–Crippen LogP) is 7.94. The Bertz CT molecular complexity index is 1730. The maximum atomic E-state index is 13.8. The van der Waals surface area contributed by atoms with Crippen molar-refractivity contribution in [1.82, 2.24) is 20.2 Å². The molecule has 4 aromatic rings. The molecular formula is C40H48N4O5S. The second kappa shape index (κ2) is 16.9. The number of carboxylic acids is 1. The average Bonchev–Trinajstić information content (AvgIpc) is 3.82. The number of unbranched alkanes of at least 4 members (excludes halogenated alkanes) is 4. The van der Waals surface area contributed by atoms with Crippen LogP contribution in [-0.2, 0) is 21.4 Å². The number of hydrogen-bond acceptors (Lipinski definition) is 7. The van der Waals surface area contributed by atoms with Crippen LogP contribution in [-0.4, -0.2) is 63.0 Å². The number of benzene rings is 2. The number of carbonyl (C=O) groups is 3. The highest BCUT2D eigenvalue weighted by atomic mass is 32.1. The highest BCUT2D eigenvalue weighted by molar-refractivity contribution is 7.14. The molecule has 2 aromatic carbocycles. The Morgan fingerprint density at radius 1 is 0.920 bits per heavy atom. The zero-order chi connectivity index (χ0) is 35.7. The first kappa shape index (κ1) is 36.7. The van der Waals surface area contributed by atoms with Crippen molar-refractivity contribution in [2.75, 3.05) is 13.2 Å². The number of ether oxygens (including phenoxy) is 1.